The van der Waals surface area contributed by atoms with Gasteiger partial charge in [0, 0.05) is 6.54 Å². The summed E-state index contributed by atoms with van der Waals surface area (Å²) < 4.78 is 27.2. The van der Waals surface area contributed by atoms with Crippen LogP contribution in [0.1, 0.15) is 30.9 Å². The third-order valence-corrected chi connectivity index (χ3v) is 5.42. The molecular formula is C14H22N2O2S. The monoisotopic (exact) mass is 282 g/mol. The second kappa shape index (κ2) is 5.13. The summed E-state index contributed by atoms with van der Waals surface area (Å²) in [4.78, 5) is 0.193. The van der Waals surface area contributed by atoms with Crippen molar-refractivity contribution in [1.82, 2.24) is 4.72 Å². The quantitative estimate of drug-likeness (QED) is 0.813. The fraction of sp³-hybridized carbons (Fsp3) is 0.571. The van der Waals surface area contributed by atoms with E-state index in [9.17, 15) is 8.42 Å². The largest absolute Gasteiger partial charge is 0.398 e. The molecule has 1 aromatic rings. The zero-order chi connectivity index (χ0) is 14.2. The minimum absolute atomic E-state index is 0.193. The smallest absolute Gasteiger partial charge is 0.242 e. The Morgan fingerprint density at radius 3 is 2.47 bits per heavy atom. The number of benzene rings is 1. The van der Waals surface area contributed by atoms with Gasteiger partial charge in [0.25, 0.3) is 0 Å². The molecule has 1 atom stereocenters. The van der Waals surface area contributed by atoms with Gasteiger partial charge < -0.3 is 5.73 Å². The lowest BCUT2D eigenvalue weighted by atomic mass is 10.1. The van der Waals surface area contributed by atoms with Gasteiger partial charge in [0.15, 0.2) is 0 Å². The van der Waals surface area contributed by atoms with Gasteiger partial charge >= 0.3 is 0 Å². The molecule has 106 valence electrons. The number of anilines is 1. The van der Waals surface area contributed by atoms with E-state index in [2.05, 4.69) is 11.6 Å². The minimum atomic E-state index is -3.51. The number of rotatable bonds is 5. The molecule has 0 saturated heterocycles. The Labute approximate surface area is 115 Å². The Morgan fingerprint density at radius 2 is 1.89 bits per heavy atom. The molecule has 1 aliphatic rings. The normalized spacial score (nSPS) is 17.4. The number of hydrogen-bond donors (Lipinski definition) is 2. The molecule has 1 aliphatic carbocycles. The van der Waals surface area contributed by atoms with Gasteiger partial charge in [-0.05, 0) is 61.8 Å². The number of aryl methyl sites for hydroxylation is 2. The Morgan fingerprint density at radius 1 is 1.32 bits per heavy atom. The summed E-state index contributed by atoms with van der Waals surface area (Å²) in [5, 5.41) is 0. The Hall–Kier alpha value is -1.07. The van der Waals surface area contributed by atoms with E-state index in [1.165, 1.54) is 12.8 Å². The van der Waals surface area contributed by atoms with Gasteiger partial charge in [0.1, 0.15) is 4.90 Å². The molecule has 1 saturated carbocycles. The molecule has 4 nitrogen and oxygen atoms in total. The van der Waals surface area contributed by atoms with Gasteiger partial charge in [0.05, 0.1) is 5.69 Å². The highest BCUT2D eigenvalue weighted by Crippen LogP contribution is 2.36. The number of nitrogens with one attached hydrogen (secondary N) is 1. The molecule has 19 heavy (non-hydrogen) atoms. The third kappa shape index (κ3) is 3.28. The lowest BCUT2D eigenvalue weighted by Gasteiger charge is -2.14. The standard InChI is InChI=1S/C14H22N2O2S/c1-9-6-13(15)14(7-10(9)2)19(17,18)16-8-11(3)12-4-5-12/h6-7,11-12,16H,4-5,8,15H2,1-3H3. The fourth-order valence-electron chi connectivity index (χ4n) is 2.20. The van der Waals surface area contributed by atoms with Crippen molar-refractivity contribution in [1.29, 1.82) is 0 Å². The van der Waals surface area contributed by atoms with Crippen LogP contribution >= 0.6 is 0 Å². The van der Waals surface area contributed by atoms with E-state index in [-0.39, 0.29) is 4.90 Å². The van der Waals surface area contributed by atoms with E-state index < -0.39 is 10.0 Å². The van der Waals surface area contributed by atoms with Crippen LogP contribution in [0.2, 0.25) is 0 Å². The van der Waals surface area contributed by atoms with E-state index in [0.717, 1.165) is 11.1 Å². The van der Waals surface area contributed by atoms with Crippen molar-refractivity contribution in [3.63, 3.8) is 0 Å². The van der Waals surface area contributed by atoms with Gasteiger partial charge in [-0.3, -0.25) is 0 Å². The summed E-state index contributed by atoms with van der Waals surface area (Å²) in [6.07, 6.45) is 2.43. The van der Waals surface area contributed by atoms with Crippen LogP contribution in [0.25, 0.3) is 0 Å². The molecule has 0 aromatic heterocycles. The second-order valence-corrected chi connectivity index (χ2v) is 7.38. The molecule has 0 radical (unpaired) electrons. The third-order valence-electron chi connectivity index (χ3n) is 3.94. The van der Waals surface area contributed by atoms with Crippen LogP contribution in [0.4, 0.5) is 5.69 Å². The van der Waals surface area contributed by atoms with Crippen molar-refractivity contribution in [3.05, 3.63) is 23.3 Å². The van der Waals surface area contributed by atoms with Crippen molar-refractivity contribution in [2.75, 3.05) is 12.3 Å². The molecule has 1 aromatic carbocycles. The molecule has 0 aliphatic heterocycles. The van der Waals surface area contributed by atoms with Gasteiger partial charge in [-0.25, -0.2) is 13.1 Å². The molecule has 1 fully saturated rings. The highest BCUT2D eigenvalue weighted by molar-refractivity contribution is 7.89. The van der Waals surface area contributed by atoms with Crippen LogP contribution in [0, 0.1) is 25.7 Å². The maximum atomic E-state index is 12.3. The molecule has 2 rings (SSSR count). The predicted octanol–water partition coefficient (Wildman–Crippen LogP) is 2.21. The number of sulfonamides is 1. The topological polar surface area (TPSA) is 72.2 Å². The van der Waals surface area contributed by atoms with Gasteiger partial charge in [-0.1, -0.05) is 6.92 Å². The van der Waals surface area contributed by atoms with Crippen molar-refractivity contribution < 1.29 is 8.42 Å². The van der Waals surface area contributed by atoms with Crippen LogP contribution in [-0.2, 0) is 10.0 Å². The van der Waals surface area contributed by atoms with Crippen molar-refractivity contribution in [2.24, 2.45) is 11.8 Å². The van der Waals surface area contributed by atoms with Gasteiger partial charge in [0.2, 0.25) is 10.0 Å². The number of hydrogen-bond acceptors (Lipinski definition) is 3. The molecule has 3 N–H and O–H groups in total. The van der Waals surface area contributed by atoms with Crippen LogP contribution in [-0.4, -0.2) is 15.0 Å². The second-order valence-electron chi connectivity index (χ2n) is 5.64. The molecular weight excluding hydrogens is 260 g/mol. The number of nitrogens with two attached hydrogens (primary N) is 1. The first-order valence-corrected chi connectivity index (χ1v) is 8.16. The highest BCUT2D eigenvalue weighted by atomic mass is 32.2. The van der Waals surface area contributed by atoms with E-state index in [4.69, 9.17) is 5.73 Å². The zero-order valence-corrected chi connectivity index (χ0v) is 12.5. The predicted molar refractivity (Wildman–Crippen MR) is 77.4 cm³/mol. The first-order valence-electron chi connectivity index (χ1n) is 6.67. The average molecular weight is 282 g/mol. The molecule has 1 unspecified atom stereocenters. The Kier molecular flexibility index (Phi) is 3.87. The summed E-state index contributed by atoms with van der Waals surface area (Å²) in [5.41, 5.74) is 8.09. The van der Waals surface area contributed by atoms with Crippen LogP contribution in [0.3, 0.4) is 0 Å². The lowest BCUT2D eigenvalue weighted by molar-refractivity contribution is 0.492. The van der Waals surface area contributed by atoms with E-state index in [1.807, 2.05) is 13.8 Å². The Bertz CT molecular complexity index is 577. The van der Waals surface area contributed by atoms with Crippen molar-refractivity contribution in [2.45, 2.75) is 38.5 Å². The molecule has 0 bridgehead atoms. The van der Waals surface area contributed by atoms with Crippen molar-refractivity contribution >= 4 is 15.7 Å². The summed E-state index contributed by atoms with van der Waals surface area (Å²) in [6.45, 7) is 6.38. The molecule has 5 heteroatoms. The van der Waals surface area contributed by atoms with Gasteiger partial charge in [-0.15, -0.1) is 0 Å². The molecule has 0 spiro atoms. The minimum Gasteiger partial charge on any atom is -0.398 e. The van der Waals surface area contributed by atoms with E-state index in [0.29, 0.717) is 24.1 Å². The average Bonchev–Trinajstić information content (AvgIpc) is 3.14. The maximum absolute atomic E-state index is 12.3. The first kappa shape index (κ1) is 14.3. The first-order chi connectivity index (χ1) is 8.81. The maximum Gasteiger partial charge on any atom is 0.242 e. The summed E-state index contributed by atoms with van der Waals surface area (Å²) in [7, 11) is -3.51. The molecule has 0 heterocycles. The summed E-state index contributed by atoms with van der Waals surface area (Å²) >= 11 is 0. The Balaban J connectivity index is 2.16. The van der Waals surface area contributed by atoms with Crippen molar-refractivity contribution in [3.8, 4) is 0 Å². The van der Waals surface area contributed by atoms with E-state index in [1.54, 1.807) is 12.1 Å². The highest BCUT2D eigenvalue weighted by Gasteiger charge is 2.29. The van der Waals surface area contributed by atoms with E-state index >= 15 is 0 Å². The van der Waals surface area contributed by atoms with Crippen LogP contribution in [0.15, 0.2) is 17.0 Å². The van der Waals surface area contributed by atoms with Crippen LogP contribution < -0.4 is 10.5 Å². The zero-order valence-electron chi connectivity index (χ0n) is 11.7. The lowest BCUT2D eigenvalue weighted by Crippen LogP contribution is -2.29. The summed E-state index contributed by atoms with van der Waals surface area (Å²) in [5.74, 6) is 1.07. The summed E-state index contributed by atoms with van der Waals surface area (Å²) in [6, 6.07) is 3.36. The fourth-order valence-corrected chi connectivity index (χ4v) is 3.53. The number of nitrogen functional groups attached to an aromatic ring is 1. The van der Waals surface area contributed by atoms with Gasteiger partial charge in [-0.2, -0.15) is 0 Å². The van der Waals surface area contributed by atoms with Crippen LogP contribution in [0.5, 0.6) is 0 Å². The molecule has 0 amide bonds. The SMILES string of the molecule is Cc1cc(N)c(S(=O)(=O)NCC(C)C2CC2)cc1C.